The van der Waals surface area contributed by atoms with Crippen molar-refractivity contribution in [2.45, 2.75) is 13.5 Å². The summed E-state index contributed by atoms with van der Waals surface area (Å²) >= 11 is 8.38. The number of likely N-dealkylation sites (N-methyl/N-ethyl adjacent to an activating group) is 1. The van der Waals surface area contributed by atoms with Crippen LogP contribution in [0, 0.1) is 5.82 Å². The number of nitrogens with zero attached hydrogens (tertiary/aromatic N) is 1. The molecule has 3 rings (SSSR count). The molecule has 0 aromatic heterocycles. The number of thiocarbonyl (C=S) groups is 1. The summed E-state index contributed by atoms with van der Waals surface area (Å²) in [5, 5.41) is 2.52. The lowest BCUT2D eigenvalue weighted by Gasteiger charge is -2.25. The van der Waals surface area contributed by atoms with Crippen LogP contribution in [0.25, 0.3) is 6.08 Å². The molecular formula is C21H18BrFN2O4S. The Morgan fingerprint density at radius 3 is 2.67 bits per heavy atom. The molecule has 1 N–H and O–H groups in total. The monoisotopic (exact) mass is 492 g/mol. The molecule has 1 fully saturated rings. The number of rotatable bonds is 6. The van der Waals surface area contributed by atoms with Gasteiger partial charge in [0.15, 0.2) is 16.6 Å². The summed E-state index contributed by atoms with van der Waals surface area (Å²) in [6.45, 7) is 2.18. The molecule has 2 aromatic carbocycles. The first-order valence-electron chi connectivity index (χ1n) is 8.99. The molecule has 0 saturated carbocycles. The van der Waals surface area contributed by atoms with Crippen molar-refractivity contribution in [3.63, 3.8) is 0 Å². The molecule has 1 aliphatic rings. The van der Waals surface area contributed by atoms with E-state index in [1.807, 2.05) is 6.92 Å². The van der Waals surface area contributed by atoms with Gasteiger partial charge < -0.3 is 9.47 Å². The molecule has 0 unspecified atom stereocenters. The lowest BCUT2D eigenvalue weighted by atomic mass is 10.1. The summed E-state index contributed by atoms with van der Waals surface area (Å²) in [5.74, 6) is -0.658. The summed E-state index contributed by atoms with van der Waals surface area (Å²) < 4.78 is 25.9. The van der Waals surface area contributed by atoms with E-state index in [0.717, 1.165) is 0 Å². The van der Waals surface area contributed by atoms with Crippen LogP contribution < -0.4 is 14.8 Å². The van der Waals surface area contributed by atoms with Crippen LogP contribution >= 0.6 is 28.1 Å². The van der Waals surface area contributed by atoms with E-state index in [4.69, 9.17) is 21.7 Å². The number of nitrogens with one attached hydrogen (secondary N) is 1. The first-order chi connectivity index (χ1) is 14.3. The summed E-state index contributed by atoms with van der Waals surface area (Å²) in [5.41, 5.74) is 0.894. The molecule has 6 nitrogen and oxygen atoms in total. The van der Waals surface area contributed by atoms with Crippen molar-refractivity contribution in [2.75, 3.05) is 13.7 Å². The Morgan fingerprint density at radius 1 is 1.23 bits per heavy atom. The molecule has 0 radical (unpaired) electrons. The lowest BCUT2D eigenvalue weighted by Crippen LogP contribution is -2.52. The molecule has 1 aliphatic heterocycles. The summed E-state index contributed by atoms with van der Waals surface area (Å²) in [6.07, 6.45) is 1.45. The van der Waals surface area contributed by atoms with Crippen LogP contribution in [0.1, 0.15) is 18.1 Å². The van der Waals surface area contributed by atoms with Crippen LogP contribution in [0.3, 0.4) is 0 Å². The fourth-order valence-electron chi connectivity index (χ4n) is 2.75. The van der Waals surface area contributed by atoms with Gasteiger partial charge in [-0.25, -0.2) is 4.39 Å². The van der Waals surface area contributed by atoms with Gasteiger partial charge in [0.25, 0.3) is 11.8 Å². The van der Waals surface area contributed by atoms with Crippen LogP contribution in [0.4, 0.5) is 4.39 Å². The highest BCUT2D eigenvalue weighted by Gasteiger charge is 2.30. The number of benzene rings is 2. The van der Waals surface area contributed by atoms with Crippen LogP contribution in [0.15, 0.2) is 46.4 Å². The molecular weight excluding hydrogens is 475 g/mol. The van der Waals surface area contributed by atoms with Gasteiger partial charge in [-0.1, -0.05) is 18.2 Å². The average Bonchev–Trinajstić information content (AvgIpc) is 2.70. The topological polar surface area (TPSA) is 67.9 Å². The van der Waals surface area contributed by atoms with E-state index in [1.165, 1.54) is 24.1 Å². The zero-order valence-corrected chi connectivity index (χ0v) is 18.6. The lowest BCUT2D eigenvalue weighted by molar-refractivity contribution is -0.128. The highest BCUT2D eigenvalue weighted by atomic mass is 79.9. The maximum atomic E-state index is 13.9. The minimum absolute atomic E-state index is 0.00884. The minimum Gasteiger partial charge on any atom is -0.490 e. The number of ether oxygens (including phenoxy) is 2. The molecule has 2 aromatic rings. The molecule has 2 amide bonds. The van der Waals surface area contributed by atoms with Gasteiger partial charge >= 0.3 is 0 Å². The maximum Gasteiger partial charge on any atom is 0.265 e. The van der Waals surface area contributed by atoms with Crippen LogP contribution in [0.5, 0.6) is 11.5 Å². The fraction of sp³-hybridized carbons (Fsp3) is 0.190. The van der Waals surface area contributed by atoms with Crippen molar-refractivity contribution >= 4 is 51.2 Å². The number of halogens is 2. The van der Waals surface area contributed by atoms with E-state index in [1.54, 1.807) is 30.3 Å². The minimum atomic E-state index is -0.572. The number of hydrogen-bond donors (Lipinski definition) is 1. The SMILES string of the molecule is CCOc1cc(/C=C2\C(=O)NC(=S)N(C)C2=O)cc(Br)c1OCc1ccccc1F. The van der Waals surface area contributed by atoms with Gasteiger partial charge in [-0.05, 0) is 64.9 Å². The van der Waals surface area contributed by atoms with Crippen molar-refractivity contribution < 1.29 is 23.5 Å². The summed E-state index contributed by atoms with van der Waals surface area (Å²) in [6, 6.07) is 9.66. The quantitative estimate of drug-likeness (QED) is 0.377. The van der Waals surface area contributed by atoms with Crippen molar-refractivity contribution in [1.29, 1.82) is 0 Å². The third-order valence-corrected chi connectivity index (χ3v) is 5.24. The van der Waals surface area contributed by atoms with E-state index >= 15 is 0 Å². The number of carbonyl (C=O) groups excluding carboxylic acids is 2. The second kappa shape index (κ2) is 9.36. The van der Waals surface area contributed by atoms with Gasteiger partial charge in [0.05, 0.1) is 11.1 Å². The number of hydrogen-bond acceptors (Lipinski definition) is 5. The Kier molecular flexibility index (Phi) is 6.84. The molecule has 156 valence electrons. The maximum absolute atomic E-state index is 13.9. The normalized spacial score (nSPS) is 15.4. The smallest absolute Gasteiger partial charge is 0.265 e. The Hall–Kier alpha value is -2.78. The third-order valence-electron chi connectivity index (χ3n) is 4.28. The van der Waals surface area contributed by atoms with E-state index in [-0.39, 0.29) is 23.1 Å². The first kappa shape index (κ1) is 21.9. The number of amides is 2. The second-order valence-corrected chi connectivity index (χ2v) is 7.57. The molecule has 9 heteroatoms. The van der Waals surface area contributed by atoms with Gasteiger partial charge in [0.2, 0.25) is 0 Å². The molecule has 0 spiro atoms. The standard InChI is InChI=1S/C21H18BrFN2O4S/c1-3-28-17-10-12(8-14-19(26)24-21(30)25(2)20(14)27)9-15(22)18(17)29-11-13-6-4-5-7-16(13)23/h4-10H,3,11H2,1-2H3,(H,24,26,30)/b14-8+. The highest BCUT2D eigenvalue weighted by molar-refractivity contribution is 9.10. The van der Waals surface area contributed by atoms with Gasteiger partial charge in [-0.2, -0.15) is 0 Å². The van der Waals surface area contributed by atoms with Crippen molar-refractivity contribution in [3.8, 4) is 11.5 Å². The van der Waals surface area contributed by atoms with Gasteiger partial charge in [0.1, 0.15) is 18.0 Å². The summed E-state index contributed by atoms with van der Waals surface area (Å²) in [4.78, 5) is 25.8. The Balaban J connectivity index is 1.93. The highest BCUT2D eigenvalue weighted by Crippen LogP contribution is 2.38. The molecule has 0 aliphatic carbocycles. The van der Waals surface area contributed by atoms with Gasteiger partial charge in [0, 0.05) is 12.6 Å². The first-order valence-corrected chi connectivity index (χ1v) is 10.2. The van der Waals surface area contributed by atoms with Crippen LogP contribution in [0.2, 0.25) is 0 Å². The Labute approximate surface area is 186 Å². The number of carbonyl (C=O) groups is 2. The van der Waals surface area contributed by atoms with Crippen molar-refractivity contribution in [2.24, 2.45) is 0 Å². The Morgan fingerprint density at radius 2 is 1.97 bits per heavy atom. The molecule has 1 heterocycles. The largest absolute Gasteiger partial charge is 0.490 e. The fourth-order valence-corrected chi connectivity index (χ4v) is 3.50. The molecule has 1 saturated heterocycles. The zero-order valence-electron chi connectivity index (χ0n) is 16.2. The predicted molar refractivity (Wildman–Crippen MR) is 118 cm³/mol. The van der Waals surface area contributed by atoms with E-state index in [0.29, 0.717) is 33.7 Å². The molecule has 0 bridgehead atoms. The van der Waals surface area contributed by atoms with Gasteiger partial charge in [-0.3, -0.25) is 19.8 Å². The molecule has 0 atom stereocenters. The molecule has 30 heavy (non-hydrogen) atoms. The van der Waals surface area contributed by atoms with Gasteiger partial charge in [-0.15, -0.1) is 0 Å². The third kappa shape index (κ3) is 4.68. The zero-order chi connectivity index (χ0) is 21.8. The predicted octanol–water partition coefficient (Wildman–Crippen LogP) is 3.82. The van der Waals surface area contributed by atoms with Crippen molar-refractivity contribution in [1.82, 2.24) is 10.2 Å². The van der Waals surface area contributed by atoms with Crippen LogP contribution in [-0.4, -0.2) is 35.5 Å². The van der Waals surface area contributed by atoms with E-state index in [9.17, 15) is 14.0 Å². The van der Waals surface area contributed by atoms with E-state index < -0.39 is 11.8 Å². The summed E-state index contributed by atoms with van der Waals surface area (Å²) in [7, 11) is 1.49. The average molecular weight is 493 g/mol. The van der Waals surface area contributed by atoms with Crippen LogP contribution in [-0.2, 0) is 16.2 Å². The van der Waals surface area contributed by atoms with Crippen molar-refractivity contribution in [3.05, 3.63) is 63.4 Å². The second-order valence-electron chi connectivity index (χ2n) is 6.32. The van der Waals surface area contributed by atoms with E-state index in [2.05, 4.69) is 21.2 Å². The Bertz CT molecular complexity index is 1060.